The number of amides is 1. The van der Waals surface area contributed by atoms with E-state index in [2.05, 4.69) is 15.4 Å². The number of nitrogens with zero attached hydrogens (tertiary/aromatic N) is 3. The van der Waals surface area contributed by atoms with E-state index >= 15 is 0 Å². The Kier molecular flexibility index (Phi) is 3.96. The fourth-order valence-electron chi connectivity index (χ4n) is 2.15. The molecule has 0 saturated carbocycles. The Morgan fingerprint density at radius 3 is 3.19 bits per heavy atom. The lowest BCUT2D eigenvalue weighted by atomic mass is 10.2. The number of hydrogen-bond acceptors (Lipinski definition) is 4. The Labute approximate surface area is 126 Å². The molecule has 3 rings (SSSR count). The van der Waals surface area contributed by atoms with Crippen molar-refractivity contribution < 1.29 is 4.79 Å². The van der Waals surface area contributed by atoms with E-state index in [1.165, 1.54) is 11.3 Å². The first-order chi connectivity index (χ1) is 10.2. The summed E-state index contributed by atoms with van der Waals surface area (Å²) in [4.78, 5) is 16.1. The molecule has 108 valence electrons. The molecule has 3 heterocycles. The van der Waals surface area contributed by atoms with Gasteiger partial charge in [0, 0.05) is 35.9 Å². The van der Waals surface area contributed by atoms with Crippen LogP contribution in [-0.4, -0.2) is 27.0 Å². The minimum absolute atomic E-state index is 0.00692. The lowest BCUT2D eigenvalue weighted by molar-refractivity contribution is 0.0953. The van der Waals surface area contributed by atoms with Crippen molar-refractivity contribution in [2.24, 2.45) is 0 Å². The summed E-state index contributed by atoms with van der Waals surface area (Å²) in [5, 5.41) is 11.0. The van der Waals surface area contributed by atoms with Crippen LogP contribution in [0.5, 0.6) is 0 Å². The summed E-state index contributed by atoms with van der Waals surface area (Å²) in [5.41, 5.74) is 3.68. The van der Waals surface area contributed by atoms with Gasteiger partial charge in [-0.25, -0.2) is 9.50 Å². The molecule has 0 saturated heterocycles. The van der Waals surface area contributed by atoms with Gasteiger partial charge in [-0.05, 0) is 36.8 Å². The van der Waals surface area contributed by atoms with Gasteiger partial charge in [-0.3, -0.25) is 4.79 Å². The van der Waals surface area contributed by atoms with E-state index in [1.54, 1.807) is 4.52 Å². The average molecular weight is 300 g/mol. The second-order valence-corrected chi connectivity index (χ2v) is 5.70. The zero-order valence-electron chi connectivity index (χ0n) is 11.7. The van der Waals surface area contributed by atoms with E-state index in [9.17, 15) is 4.79 Å². The minimum atomic E-state index is -0.00692. The van der Waals surface area contributed by atoms with E-state index in [0.29, 0.717) is 6.54 Å². The summed E-state index contributed by atoms with van der Waals surface area (Å²) >= 11 is 1.53. The maximum Gasteiger partial charge on any atom is 0.252 e. The maximum absolute atomic E-state index is 11.8. The number of rotatable bonds is 5. The highest BCUT2D eigenvalue weighted by Crippen LogP contribution is 2.07. The predicted octanol–water partition coefficient (Wildman–Crippen LogP) is 2.46. The van der Waals surface area contributed by atoms with Crippen molar-refractivity contribution in [2.45, 2.75) is 19.8 Å². The van der Waals surface area contributed by atoms with Crippen LogP contribution >= 0.6 is 11.3 Å². The summed E-state index contributed by atoms with van der Waals surface area (Å²) in [5.74, 6) is -0.00692. The standard InChI is InChI=1S/C15H16N4OS/c1-11-7-14-17-8-12(9-19(14)18-11)3-2-5-16-15(20)13-4-6-21-10-13/h4,6-10H,2-3,5H2,1H3,(H,16,20). The number of carbonyl (C=O) groups is 1. The molecule has 0 aromatic carbocycles. The largest absolute Gasteiger partial charge is 0.352 e. The van der Waals surface area contributed by atoms with Gasteiger partial charge in [0.05, 0.1) is 5.69 Å². The first-order valence-corrected chi connectivity index (χ1v) is 7.78. The fraction of sp³-hybridized carbons (Fsp3) is 0.267. The van der Waals surface area contributed by atoms with Gasteiger partial charge in [-0.15, -0.1) is 0 Å². The highest BCUT2D eigenvalue weighted by molar-refractivity contribution is 7.08. The molecule has 0 fully saturated rings. The number of nitrogens with one attached hydrogen (secondary N) is 1. The third kappa shape index (κ3) is 3.28. The average Bonchev–Trinajstić information content (AvgIpc) is 3.11. The highest BCUT2D eigenvalue weighted by atomic mass is 32.1. The number of carbonyl (C=O) groups excluding carboxylic acids is 1. The number of fused-ring (bicyclic) bond motifs is 1. The number of aryl methyl sites for hydroxylation is 2. The van der Waals surface area contributed by atoms with E-state index in [-0.39, 0.29) is 5.91 Å². The molecule has 1 N–H and O–H groups in total. The van der Waals surface area contributed by atoms with E-state index < -0.39 is 0 Å². The third-order valence-corrected chi connectivity index (χ3v) is 3.88. The highest BCUT2D eigenvalue weighted by Gasteiger charge is 2.05. The fourth-order valence-corrected chi connectivity index (χ4v) is 2.79. The maximum atomic E-state index is 11.8. The van der Waals surface area contributed by atoms with E-state index in [4.69, 9.17) is 0 Å². The molecule has 1 amide bonds. The Balaban J connectivity index is 1.51. The summed E-state index contributed by atoms with van der Waals surface area (Å²) < 4.78 is 1.80. The predicted molar refractivity (Wildman–Crippen MR) is 82.7 cm³/mol. The van der Waals surface area contributed by atoms with Crippen molar-refractivity contribution in [2.75, 3.05) is 6.54 Å². The normalized spacial score (nSPS) is 10.9. The lowest BCUT2D eigenvalue weighted by Crippen LogP contribution is -2.24. The van der Waals surface area contributed by atoms with Crippen molar-refractivity contribution in [1.29, 1.82) is 0 Å². The second kappa shape index (κ2) is 6.05. The molecule has 3 aromatic rings. The summed E-state index contributed by atoms with van der Waals surface area (Å²) in [6, 6.07) is 3.78. The van der Waals surface area contributed by atoms with Crippen LogP contribution in [0.1, 0.15) is 28.0 Å². The Morgan fingerprint density at radius 1 is 1.48 bits per heavy atom. The molecule has 0 aliphatic carbocycles. The summed E-state index contributed by atoms with van der Waals surface area (Å²) in [6.07, 6.45) is 5.61. The van der Waals surface area contributed by atoms with Crippen LogP contribution < -0.4 is 5.32 Å². The van der Waals surface area contributed by atoms with Crippen LogP contribution in [-0.2, 0) is 6.42 Å². The number of thiophene rings is 1. The van der Waals surface area contributed by atoms with Crippen molar-refractivity contribution in [1.82, 2.24) is 19.9 Å². The third-order valence-electron chi connectivity index (χ3n) is 3.20. The first kappa shape index (κ1) is 13.8. The molecule has 3 aromatic heterocycles. The van der Waals surface area contributed by atoms with Gasteiger partial charge in [0.15, 0.2) is 5.65 Å². The molecule has 0 atom stereocenters. The Bertz CT molecular complexity index is 748. The quantitative estimate of drug-likeness (QED) is 0.736. The monoisotopic (exact) mass is 300 g/mol. The van der Waals surface area contributed by atoms with Crippen LogP contribution in [0, 0.1) is 6.92 Å². The first-order valence-electron chi connectivity index (χ1n) is 6.84. The van der Waals surface area contributed by atoms with E-state index in [1.807, 2.05) is 42.2 Å². The van der Waals surface area contributed by atoms with Crippen LogP contribution in [0.4, 0.5) is 0 Å². The molecular weight excluding hydrogens is 284 g/mol. The van der Waals surface area contributed by atoms with Crippen LogP contribution in [0.3, 0.4) is 0 Å². The van der Waals surface area contributed by atoms with Gasteiger partial charge < -0.3 is 5.32 Å². The number of aromatic nitrogens is 3. The molecule has 21 heavy (non-hydrogen) atoms. The van der Waals surface area contributed by atoms with Crippen LogP contribution in [0.2, 0.25) is 0 Å². The molecule has 0 aliphatic heterocycles. The van der Waals surface area contributed by atoms with Gasteiger partial charge in [0.25, 0.3) is 5.91 Å². The second-order valence-electron chi connectivity index (χ2n) is 4.92. The van der Waals surface area contributed by atoms with Gasteiger partial charge in [0.1, 0.15) is 0 Å². The van der Waals surface area contributed by atoms with Crippen LogP contribution in [0.25, 0.3) is 5.65 Å². The van der Waals surface area contributed by atoms with Crippen molar-refractivity contribution in [3.05, 3.63) is 52.1 Å². The zero-order valence-corrected chi connectivity index (χ0v) is 12.6. The SMILES string of the molecule is Cc1cc2ncc(CCCNC(=O)c3ccsc3)cn2n1. The molecule has 5 nitrogen and oxygen atoms in total. The molecule has 0 radical (unpaired) electrons. The molecule has 0 spiro atoms. The smallest absolute Gasteiger partial charge is 0.252 e. The summed E-state index contributed by atoms with van der Waals surface area (Å²) in [7, 11) is 0. The molecule has 0 aliphatic rings. The van der Waals surface area contributed by atoms with Crippen molar-refractivity contribution in [3.8, 4) is 0 Å². The van der Waals surface area contributed by atoms with Crippen LogP contribution in [0.15, 0.2) is 35.3 Å². The Morgan fingerprint density at radius 2 is 2.38 bits per heavy atom. The molecule has 0 unspecified atom stereocenters. The number of hydrogen-bond donors (Lipinski definition) is 1. The minimum Gasteiger partial charge on any atom is -0.352 e. The van der Waals surface area contributed by atoms with Gasteiger partial charge >= 0.3 is 0 Å². The van der Waals surface area contributed by atoms with Gasteiger partial charge in [0.2, 0.25) is 0 Å². The Hall–Kier alpha value is -2.21. The van der Waals surface area contributed by atoms with Crippen molar-refractivity contribution >= 4 is 22.9 Å². The van der Waals surface area contributed by atoms with Crippen molar-refractivity contribution in [3.63, 3.8) is 0 Å². The lowest BCUT2D eigenvalue weighted by Gasteiger charge is -2.04. The summed E-state index contributed by atoms with van der Waals surface area (Å²) in [6.45, 7) is 2.61. The topological polar surface area (TPSA) is 59.3 Å². The molecule has 0 bridgehead atoms. The van der Waals surface area contributed by atoms with Gasteiger partial charge in [-0.1, -0.05) is 0 Å². The molecule has 6 heteroatoms. The zero-order chi connectivity index (χ0) is 14.7. The van der Waals surface area contributed by atoms with Gasteiger partial charge in [-0.2, -0.15) is 16.4 Å². The molecular formula is C15H16N4OS. The van der Waals surface area contributed by atoms with E-state index in [0.717, 1.165) is 35.3 Å².